The van der Waals surface area contributed by atoms with Gasteiger partial charge in [-0.25, -0.2) is 0 Å². The van der Waals surface area contributed by atoms with Crippen LogP contribution in [0.3, 0.4) is 0 Å². The first-order valence-corrected chi connectivity index (χ1v) is 4.85. The smallest absolute Gasteiger partial charge is 0.417 e. The molecule has 0 unspecified atom stereocenters. The van der Waals surface area contributed by atoms with Gasteiger partial charge < -0.3 is 9.84 Å². The Kier molecular flexibility index (Phi) is 4.12. The van der Waals surface area contributed by atoms with Gasteiger partial charge in [0.2, 0.25) is 0 Å². The van der Waals surface area contributed by atoms with Crippen molar-refractivity contribution in [2.24, 2.45) is 0 Å². The Labute approximate surface area is 99.9 Å². The van der Waals surface area contributed by atoms with Crippen molar-refractivity contribution in [3.63, 3.8) is 0 Å². The van der Waals surface area contributed by atoms with Crippen LogP contribution in [0.2, 0.25) is 0 Å². The molecule has 0 aliphatic rings. The maximum Gasteiger partial charge on any atom is 0.417 e. The predicted octanol–water partition coefficient (Wildman–Crippen LogP) is 2.21. The fraction of sp³-hybridized carbons (Fsp3) is 0.400. The van der Waals surface area contributed by atoms with Crippen LogP contribution in [0.1, 0.15) is 5.56 Å². The second kappa shape index (κ2) is 5.21. The average Bonchev–Trinajstić information content (AvgIpc) is 2.23. The standard InChI is InChI=1S/C10H10F3NO4/c1-6-3-2-4-7(9(6)14(16)17)18-5-8(15)10(11,12)13/h2-4,8,15H,5H2,1H3/t8-/m0/s1. The Hall–Kier alpha value is -1.83. The molecule has 8 heteroatoms. The van der Waals surface area contributed by atoms with Gasteiger partial charge in [-0.2, -0.15) is 13.2 Å². The lowest BCUT2D eigenvalue weighted by molar-refractivity contribution is -0.386. The highest BCUT2D eigenvalue weighted by atomic mass is 19.4. The van der Waals surface area contributed by atoms with Gasteiger partial charge >= 0.3 is 11.9 Å². The number of aliphatic hydroxyl groups excluding tert-OH is 1. The van der Waals surface area contributed by atoms with Crippen LogP contribution in [0.5, 0.6) is 5.75 Å². The molecule has 18 heavy (non-hydrogen) atoms. The highest BCUT2D eigenvalue weighted by molar-refractivity contribution is 5.52. The number of hydrogen-bond acceptors (Lipinski definition) is 4. The molecule has 1 N–H and O–H groups in total. The molecule has 1 atom stereocenters. The number of benzene rings is 1. The highest BCUT2D eigenvalue weighted by Gasteiger charge is 2.39. The third kappa shape index (κ3) is 3.33. The van der Waals surface area contributed by atoms with Gasteiger partial charge in [0.05, 0.1) is 4.92 Å². The first-order chi connectivity index (χ1) is 8.23. The van der Waals surface area contributed by atoms with Crippen molar-refractivity contribution in [3.05, 3.63) is 33.9 Å². The van der Waals surface area contributed by atoms with Crippen molar-refractivity contribution in [3.8, 4) is 5.75 Å². The van der Waals surface area contributed by atoms with E-state index in [9.17, 15) is 23.3 Å². The molecule has 5 nitrogen and oxygen atoms in total. The van der Waals surface area contributed by atoms with Gasteiger partial charge in [0.15, 0.2) is 11.9 Å². The van der Waals surface area contributed by atoms with Gasteiger partial charge in [-0.05, 0) is 13.0 Å². The number of nitro groups is 1. The monoisotopic (exact) mass is 265 g/mol. The summed E-state index contributed by atoms with van der Waals surface area (Å²) in [5, 5.41) is 19.5. The van der Waals surface area contributed by atoms with E-state index in [1.54, 1.807) is 0 Å². The summed E-state index contributed by atoms with van der Waals surface area (Å²) in [5.41, 5.74) is -0.147. The van der Waals surface area contributed by atoms with E-state index in [0.717, 1.165) is 0 Å². The number of hydrogen-bond donors (Lipinski definition) is 1. The maximum atomic E-state index is 12.0. The molecule has 0 radical (unpaired) electrons. The summed E-state index contributed by atoms with van der Waals surface area (Å²) in [6.07, 6.45) is -7.50. The minimum Gasteiger partial charge on any atom is -0.484 e. The minimum absolute atomic E-state index is 0.263. The second-order valence-electron chi connectivity index (χ2n) is 3.55. The Morgan fingerprint density at radius 1 is 1.50 bits per heavy atom. The molecule has 0 heterocycles. The Bertz CT molecular complexity index is 447. The lowest BCUT2D eigenvalue weighted by Gasteiger charge is -2.15. The third-order valence-corrected chi connectivity index (χ3v) is 2.16. The van der Waals surface area contributed by atoms with Crippen molar-refractivity contribution in [2.45, 2.75) is 19.2 Å². The van der Waals surface area contributed by atoms with Crippen molar-refractivity contribution in [1.82, 2.24) is 0 Å². The zero-order valence-electron chi connectivity index (χ0n) is 9.27. The van der Waals surface area contributed by atoms with Crippen LogP contribution in [0, 0.1) is 17.0 Å². The van der Waals surface area contributed by atoms with E-state index >= 15 is 0 Å². The van der Waals surface area contributed by atoms with E-state index in [1.165, 1.54) is 25.1 Å². The number of ether oxygens (including phenoxy) is 1. The molecular weight excluding hydrogens is 255 g/mol. The molecule has 0 fully saturated rings. The SMILES string of the molecule is Cc1cccc(OC[C@H](O)C(F)(F)F)c1[N+](=O)[O-]. The first-order valence-electron chi connectivity index (χ1n) is 4.85. The van der Waals surface area contributed by atoms with E-state index in [1.807, 2.05) is 0 Å². The second-order valence-corrected chi connectivity index (χ2v) is 3.55. The zero-order valence-corrected chi connectivity index (χ0v) is 9.27. The number of para-hydroxylation sites is 1. The summed E-state index contributed by atoms with van der Waals surface area (Å²) >= 11 is 0. The topological polar surface area (TPSA) is 72.6 Å². The van der Waals surface area contributed by atoms with Gasteiger partial charge in [0.1, 0.15) is 6.61 Å². The quantitative estimate of drug-likeness (QED) is 0.669. The van der Waals surface area contributed by atoms with Crippen LogP contribution < -0.4 is 4.74 Å². The molecular formula is C10H10F3NO4. The third-order valence-electron chi connectivity index (χ3n) is 2.16. The van der Waals surface area contributed by atoms with Crippen molar-refractivity contribution in [1.29, 1.82) is 0 Å². The molecule has 0 aliphatic carbocycles. The number of aliphatic hydroxyl groups is 1. The number of rotatable bonds is 4. The summed E-state index contributed by atoms with van der Waals surface area (Å²) in [6.45, 7) is 0.346. The van der Waals surface area contributed by atoms with E-state index in [2.05, 4.69) is 4.74 Å². The number of aryl methyl sites for hydroxylation is 1. The maximum absolute atomic E-state index is 12.0. The van der Waals surface area contributed by atoms with Gasteiger partial charge in [0.25, 0.3) is 0 Å². The average molecular weight is 265 g/mol. The zero-order chi connectivity index (χ0) is 13.9. The van der Waals surface area contributed by atoms with Crippen molar-refractivity contribution < 1.29 is 27.9 Å². The predicted molar refractivity (Wildman–Crippen MR) is 55.4 cm³/mol. The molecule has 100 valence electrons. The van der Waals surface area contributed by atoms with E-state index < -0.39 is 29.5 Å². The molecule has 0 saturated carbocycles. The molecule has 0 aromatic heterocycles. The minimum atomic E-state index is -4.82. The van der Waals surface area contributed by atoms with Crippen LogP contribution in [-0.2, 0) is 0 Å². The lowest BCUT2D eigenvalue weighted by atomic mass is 10.2. The Morgan fingerprint density at radius 2 is 2.11 bits per heavy atom. The number of nitrogens with zero attached hydrogens (tertiary/aromatic N) is 1. The Morgan fingerprint density at radius 3 is 2.61 bits per heavy atom. The Balaban J connectivity index is 2.86. The molecule has 0 spiro atoms. The molecule has 1 rings (SSSR count). The summed E-state index contributed by atoms with van der Waals surface area (Å²) in [5.74, 6) is -0.302. The van der Waals surface area contributed by atoms with Crippen LogP contribution in [0.4, 0.5) is 18.9 Å². The van der Waals surface area contributed by atoms with Gasteiger partial charge in [-0.3, -0.25) is 10.1 Å². The first kappa shape index (κ1) is 14.2. The van der Waals surface area contributed by atoms with Crippen LogP contribution in [0.25, 0.3) is 0 Å². The molecule has 1 aromatic rings. The lowest BCUT2D eigenvalue weighted by Crippen LogP contribution is -2.34. The van der Waals surface area contributed by atoms with Crippen molar-refractivity contribution in [2.75, 3.05) is 6.61 Å². The van der Waals surface area contributed by atoms with Crippen molar-refractivity contribution >= 4 is 5.69 Å². The van der Waals surface area contributed by atoms with Crippen LogP contribution in [0.15, 0.2) is 18.2 Å². The fourth-order valence-corrected chi connectivity index (χ4v) is 1.25. The number of halogens is 3. The van der Waals surface area contributed by atoms with Gasteiger partial charge in [-0.15, -0.1) is 0 Å². The molecule has 0 amide bonds. The summed E-state index contributed by atoms with van der Waals surface area (Å²) in [4.78, 5) is 9.98. The fourth-order valence-electron chi connectivity index (χ4n) is 1.25. The van der Waals surface area contributed by atoms with Gasteiger partial charge in [-0.1, -0.05) is 12.1 Å². The van der Waals surface area contributed by atoms with Crippen LogP contribution in [-0.4, -0.2) is 28.9 Å². The summed E-state index contributed by atoms with van der Waals surface area (Å²) in [6, 6.07) is 4.02. The van der Waals surface area contributed by atoms with E-state index in [0.29, 0.717) is 0 Å². The highest BCUT2D eigenvalue weighted by Crippen LogP contribution is 2.31. The number of nitro benzene ring substituents is 1. The van der Waals surface area contributed by atoms with E-state index in [4.69, 9.17) is 5.11 Å². The summed E-state index contributed by atoms with van der Waals surface area (Å²) in [7, 11) is 0. The molecule has 1 aromatic carbocycles. The number of alkyl halides is 3. The largest absolute Gasteiger partial charge is 0.484 e. The molecule has 0 bridgehead atoms. The molecule has 0 saturated heterocycles. The normalized spacial score (nSPS) is 13.2. The van der Waals surface area contributed by atoms with Crippen LogP contribution >= 0.6 is 0 Å². The summed E-state index contributed by atoms with van der Waals surface area (Å²) < 4.78 is 40.7. The van der Waals surface area contributed by atoms with Gasteiger partial charge in [0, 0.05) is 5.56 Å². The molecule has 0 aliphatic heterocycles. The van der Waals surface area contributed by atoms with E-state index in [-0.39, 0.29) is 11.3 Å².